The maximum Gasteiger partial charge on any atom is 0.354 e. The quantitative estimate of drug-likeness (QED) is 0.382. The summed E-state index contributed by atoms with van der Waals surface area (Å²) in [5.41, 5.74) is 1.98. The van der Waals surface area contributed by atoms with Gasteiger partial charge in [0.2, 0.25) is 11.6 Å². The number of nitrogens with zero attached hydrogens (tertiary/aromatic N) is 3. The van der Waals surface area contributed by atoms with Crippen molar-refractivity contribution in [2.75, 3.05) is 17.3 Å². The molecule has 1 aromatic rings. The SMILES string of the molecule is NNc1ncnc(NCCC2CC2)c1[N+](=O)[O-]. The van der Waals surface area contributed by atoms with E-state index in [1.165, 1.54) is 19.2 Å². The molecule has 1 fully saturated rings. The van der Waals surface area contributed by atoms with E-state index < -0.39 is 4.92 Å². The molecule has 0 atom stereocenters. The van der Waals surface area contributed by atoms with Crippen molar-refractivity contribution in [3.63, 3.8) is 0 Å². The van der Waals surface area contributed by atoms with Gasteiger partial charge in [-0.15, -0.1) is 0 Å². The van der Waals surface area contributed by atoms with Gasteiger partial charge in [0, 0.05) is 6.54 Å². The largest absolute Gasteiger partial charge is 0.364 e. The first kappa shape index (κ1) is 11.5. The zero-order chi connectivity index (χ0) is 12.3. The van der Waals surface area contributed by atoms with E-state index in [9.17, 15) is 10.1 Å². The summed E-state index contributed by atoms with van der Waals surface area (Å²) in [6.07, 6.45) is 4.75. The van der Waals surface area contributed by atoms with Crippen molar-refractivity contribution < 1.29 is 4.92 Å². The molecule has 1 aromatic heterocycles. The lowest BCUT2D eigenvalue weighted by Gasteiger charge is -2.07. The molecule has 1 saturated carbocycles. The van der Waals surface area contributed by atoms with Crippen LogP contribution in [0.5, 0.6) is 0 Å². The number of rotatable bonds is 6. The van der Waals surface area contributed by atoms with E-state index >= 15 is 0 Å². The van der Waals surface area contributed by atoms with Crippen molar-refractivity contribution in [1.29, 1.82) is 0 Å². The number of hydrogen-bond donors (Lipinski definition) is 3. The Balaban J connectivity index is 2.09. The van der Waals surface area contributed by atoms with Gasteiger partial charge in [-0.25, -0.2) is 15.8 Å². The van der Waals surface area contributed by atoms with Gasteiger partial charge in [-0.05, 0) is 12.3 Å². The van der Waals surface area contributed by atoms with Crippen LogP contribution in [-0.2, 0) is 0 Å². The minimum atomic E-state index is -0.547. The summed E-state index contributed by atoms with van der Waals surface area (Å²) in [7, 11) is 0. The summed E-state index contributed by atoms with van der Waals surface area (Å²) in [6, 6.07) is 0. The first-order chi connectivity index (χ1) is 8.22. The Morgan fingerprint density at radius 1 is 1.47 bits per heavy atom. The highest BCUT2D eigenvalue weighted by atomic mass is 16.6. The smallest absolute Gasteiger partial charge is 0.354 e. The van der Waals surface area contributed by atoms with Crippen LogP contribution in [0.15, 0.2) is 6.33 Å². The summed E-state index contributed by atoms with van der Waals surface area (Å²) in [5.74, 6) is 6.15. The highest BCUT2D eigenvalue weighted by Gasteiger charge is 2.24. The van der Waals surface area contributed by atoms with Crippen LogP contribution in [-0.4, -0.2) is 21.4 Å². The third kappa shape index (κ3) is 2.78. The van der Waals surface area contributed by atoms with Crippen LogP contribution >= 0.6 is 0 Å². The molecule has 1 aliphatic rings. The molecule has 0 radical (unpaired) electrons. The predicted octanol–water partition coefficient (Wildman–Crippen LogP) is 0.882. The Morgan fingerprint density at radius 2 is 2.18 bits per heavy atom. The summed E-state index contributed by atoms with van der Waals surface area (Å²) in [6.45, 7) is 0.673. The van der Waals surface area contributed by atoms with Crippen LogP contribution in [0.4, 0.5) is 17.3 Å². The summed E-state index contributed by atoms with van der Waals surface area (Å²) < 4.78 is 0. The Hall–Kier alpha value is -1.96. The van der Waals surface area contributed by atoms with Crippen LogP contribution < -0.4 is 16.6 Å². The minimum absolute atomic E-state index is 0.0129. The number of hydrogen-bond acceptors (Lipinski definition) is 7. The van der Waals surface area contributed by atoms with E-state index in [1.807, 2.05) is 0 Å². The normalized spacial score (nSPS) is 14.4. The van der Waals surface area contributed by atoms with Crippen molar-refractivity contribution in [2.45, 2.75) is 19.3 Å². The molecular formula is C9H14N6O2. The van der Waals surface area contributed by atoms with Crippen molar-refractivity contribution >= 4 is 17.3 Å². The van der Waals surface area contributed by atoms with Gasteiger partial charge in [-0.1, -0.05) is 12.8 Å². The van der Waals surface area contributed by atoms with E-state index in [0.29, 0.717) is 6.54 Å². The fraction of sp³-hybridized carbons (Fsp3) is 0.556. The number of nitrogens with two attached hydrogens (primary N) is 1. The molecule has 0 amide bonds. The van der Waals surface area contributed by atoms with E-state index in [4.69, 9.17) is 5.84 Å². The average molecular weight is 238 g/mol. The van der Waals surface area contributed by atoms with Crippen LogP contribution in [0.2, 0.25) is 0 Å². The number of anilines is 2. The molecule has 0 unspecified atom stereocenters. The van der Waals surface area contributed by atoms with Gasteiger partial charge in [0.05, 0.1) is 4.92 Å². The van der Waals surface area contributed by atoms with Gasteiger partial charge in [-0.3, -0.25) is 10.1 Å². The van der Waals surface area contributed by atoms with E-state index in [-0.39, 0.29) is 17.3 Å². The van der Waals surface area contributed by atoms with Crippen molar-refractivity contribution in [2.24, 2.45) is 11.8 Å². The lowest BCUT2D eigenvalue weighted by molar-refractivity contribution is -0.383. The van der Waals surface area contributed by atoms with Crippen LogP contribution in [0.25, 0.3) is 0 Å². The number of hydrazine groups is 1. The van der Waals surface area contributed by atoms with Crippen LogP contribution in [0, 0.1) is 16.0 Å². The first-order valence-electron chi connectivity index (χ1n) is 5.42. The predicted molar refractivity (Wildman–Crippen MR) is 62.3 cm³/mol. The summed E-state index contributed by atoms with van der Waals surface area (Å²) >= 11 is 0. The molecule has 0 spiro atoms. The van der Waals surface area contributed by atoms with Gasteiger partial charge in [0.15, 0.2) is 0 Å². The first-order valence-corrected chi connectivity index (χ1v) is 5.42. The molecule has 1 heterocycles. The fourth-order valence-corrected chi connectivity index (χ4v) is 1.59. The molecule has 0 aromatic carbocycles. The fourth-order valence-electron chi connectivity index (χ4n) is 1.59. The summed E-state index contributed by atoms with van der Waals surface area (Å²) in [5, 5.41) is 13.9. The Morgan fingerprint density at radius 3 is 2.76 bits per heavy atom. The highest BCUT2D eigenvalue weighted by Crippen LogP contribution is 2.33. The Bertz CT molecular complexity index is 420. The third-order valence-corrected chi connectivity index (χ3v) is 2.68. The lowest BCUT2D eigenvalue weighted by Crippen LogP contribution is -2.14. The second kappa shape index (κ2) is 4.91. The molecule has 8 heteroatoms. The molecule has 8 nitrogen and oxygen atoms in total. The Labute approximate surface area is 97.8 Å². The van der Waals surface area contributed by atoms with E-state index in [0.717, 1.165) is 12.3 Å². The van der Waals surface area contributed by atoms with Crippen LogP contribution in [0.1, 0.15) is 19.3 Å². The lowest BCUT2D eigenvalue weighted by atomic mass is 10.3. The molecule has 17 heavy (non-hydrogen) atoms. The molecule has 2 rings (SSSR count). The second-order valence-corrected chi connectivity index (χ2v) is 3.98. The average Bonchev–Trinajstić information content (AvgIpc) is 3.12. The highest BCUT2D eigenvalue weighted by molar-refractivity contribution is 5.68. The van der Waals surface area contributed by atoms with Gasteiger partial charge in [-0.2, -0.15) is 0 Å². The molecule has 0 bridgehead atoms. The van der Waals surface area contributed by atoms with Gasteiger partial charge < -0.3 is 10.7 Å². The maximum absolute atomic E-state index is 10.9. The standard InChI is InChI=1S/C9H14N6O2/c10-14-9-7(15(16)17)8(12-5-13-9)11-4-3-6-1-2-6/h5-6H,1-4,10H2,(H2,11,12,13,14). The number of nitro groups is 1. The molecule has 0 saturated heterocycles. The van der Waals surface area contributed by atoms with Crippen molar-refractivity contribution in [3.05, 3.63) is 16.4 Å². The summed E-state index contributed by atoms with van der Waals surface area (Å²) in [4.78, 5) is 17.9. The number of aromatic nitrogens is 2. The van der Waals surface area contributed by atoms with E-state index in [1.54, 1.807) is 0 Å². The zero-order valence-electron chi connectivity index (χ0n) is 9.22. The molecule has 92 valence electrons. The monoisotopic (exact) mass is 238 g/mol. The molecule has 0 aliphatic heterocycles. The molecule has 4 N–H and O–H groups in total. The number of nitrogens with one attached hydrogen (secondary N) is 2. The van der Waals surface area contributed by atoms with E-state index in [2.05, 4.69) is 20.7 Å². The number of nitrogen functional groups attached to an aromatic ring is 1. The van der Waals surface area contributed by atoms with Crippen molar-refractivity contribution in [1.82, 2.24) is 9.97 Å². The zero-order valence-corrected chi connectivity index (χ0v) is 9.22. The minimum Gasteiger partial charge on any atom is -0.364 e. The third-order valence-electron chi connectivity index (χ3n) is 2.68. The van der Waals surface area contributed by atoms with Gasteiger partial charge >= 0.3 is 5.69 Å². The topological polar surface area (TPSA) is 119 Å². The van der Waals surface area contributed by atoms with Gasteiger partial charge in [0.1, 0.15) is 6.33 Å². The van der Waals surface area contributed by atoms with Crippen LogP contribution in [0.3, 0.4) is 0 Å². The maximum atomic E-state index is 10.9. The Kier molecular flexibility index (Phi) is 3.33. The van der Waals surface area contributed by atoms with Gasteiger partial charge in [0.25, 0.3) is 0 Å². The molecular weight excluding hydrogens is 224 g/mol. The second-order valence-electron chi connectivity index (χ2n) is 3.98. The van der Waals surface area contributed by atoms with Crippen molar-refractivity contribution in [3.8, 4) is 0 Å². The molecule has 1 aliphatic carbocycles.